The zero-order valence-corrected chi connectivity index (χ0v) is 18.5. The van der Waals surface area contributed by atoms with Crippen molar-refractivity contribution in [3.8, 4) is 5.75 Å². The third kappa shape index (κ3) is 5.37. The quantitative estimate of drug-likeness (QED) is 0.792. The minimum Gasteiger partial charge on any atom is -0.494 e. The van der Waals surface area contributed by atoms with Gasteiger partial charge in [-0.2, -0.15) is 0 Å². The third-order valence-corrected chi connectivity index (χ3v) is 5.80. The molecule has 8 heteroatoms. The van der Waals surface area contributed by atoms with Gasteiger partial charge in [-0.3, -0.25) is 0 Å². The highest BCUT2D eigenvalue weighted by Crippen LogP contribution is 2.23. The summed E-state index contributed by atoms with van der Waals surface area (Å²) < 4.78 is 5.45. The molecule has 1 N–H and O–H groups in total. The molecule has 2 aliphatic rings. The van der Waals surface area contributed by atoms with Crippen molar-refractivity contribution >= 4 is 23.4 Å². The number of aryl methyl sites for hydroxylation is 1. The number of carbonyl (C=O) groups is 1. The van der Waals surface area contributed by atoms with Gasteiger partial charge in [-0.05, 0) is 57.4 Å². The molecule has 2 aromatic rings. The lowest BCUT2D eigenvalue weighted by Gasteiger charge is -2.36. The van der Waals surface area contributed by atoms with Crippen LogP contribution in [0.4, 0.5) is 22.1 Å². The number of anilines is 3. The zero-order chi connectivity index (χ0) is 21.6. The van der Waals surface area contributed by atoms with Gasteiger partial charge < -0.3 is 24.8 Å². The summed E-state index contributed by atoms with van der Waals surface area (Å²) in [5, 5.41) is 2.98. The highest BCUT2D eigenvalue weighted by Gasteiger charge is 2.23. The maximum absolute atomic E-state index is 12.7. The van der Waals surface area contributed by atoms with Crippen molar-refractivity contribution in [3.63, 3.8) is 0 Å². The molecule has 0 unspecified atom stereocenters. The number of piperazine rings is 1. The van der Waals surface area contributed by atoms with E-state index in [2.05, 4.69) is 31.2 Å². The zero-order valence-electron chi connectivity index (χ0n) is 18.5. The summed E-state index contributed by atoms with van der Waals surface area (Å²) in [5.74, 6) is 3.59. The highest BCUT2D eigenvalue weighted by molar-refractivity contribution is 5.89. The summed E-state index contributed by atoms with van der Waals surface area (Å²) in [6, 6.07) is 9.50. The number of carbonyl (C=O) groups excluding carboxylic acids is 1. The molecule has 2 fully saturated rings. The Kier molecular flexibility index (Phi) is 6.74. The van der Waals surface area contributed by atoms with Crippen molar-refractivity contribution in [2.75, 3.05) is 61.0 Å². The standard InChI is InChI=1S/C23H32N6O2/c1-3-31-20-9-7-19(8-10-20)26-23(30)29-15-13-28(14-16-29)22-17-21(24-18(2)25-22)27-11-5-4-6-12-27/h7-10,17H,3-6,11-16H2,1-2H3,(H,26,30). The SMILES string of the molecule is CCOc1ccc(NC(=O)N2CCN(c3cc(N4CCCCC4)nc(C)n3)CC2)cc1. The van der Waals surface area contributed by atoms with Crippen LogP contribution in [0.15, 0.2) is 30.3 Å². The first kappa shape index (κ1) is 21.2. The van der Waals surface area contributed by atoms with Crippen molar-refractivity contribution in [2.24, 2.45) is 0 Å². The predicted octanol–water partition coefficient (Wildman–Crippen LogP) is 3.53. The van der Waals surface area contributed by atoms with Crippen molar-refractivity contribution in [1.29, 1.82) is 0 Å². The van der Waals surface area contributed by atoms with Crippen LogP contribution >= 0.6 is 0 Å². The van der Waals surface area contributed by atoms with Crippen LogP contribution < -0.4 is 19.9 Å². The van der Waals surface area contributed by atoms with E-state index < -0.39 is 0 Å². The molecule has 0 atom stereocenters. The molecular weight excluding hydrogens is 392 g/mol. The Labute approximate surface area is 184 Å². The summed E-state index contributed by atoms with van der Waals surface area (Å²) in [6.07, 6.45) is 3.75. The number of aromatic nitrogens is 2. The van der Waals surface area contributed by atoms with E-state index in [1.165, 1.54) is 19.3 Å². The Morgan fingerprint density at radius 1 is 0.935 bits per heavy atom. The van der Waals surface area contributed by atoms with E-state index in [1.54, 1.807) is 0 Å². The molecule has 1 aromatic carbocycles. The molecule has 166 valence electrons. The molecule has 3 heterocycles. The number of amides is 2. The van der Waals surface area contributed by atoms with E-state index in [0.717, 1.165) is 55.1 Å². The molecule has 31 heavy (non-hydrogen) atoms. The van der Waals surface area contributed by atoms with Gasteiger partial charge in [0, 0.05) is 51.0 Å². The van der Waals surface area contributed by atoms with Crippen LogP contribution in [-0.2, 0) is 0 Å². The van der Waals surface area contributed by atoms with Crippen molar-refractivity contribution < 1.29 is 9.53 Å². The number of hydrogen-bond donors (Lipinski definition) is 1. The first-order valence-electron chi connectivity index (χ1n) is 11.3. The number of nitrogens with zero attached hydrogens (tertiary/aromatic N) is 5. The maximum atomic E-state index is 12.7. The predicted molar refractivity (Wildman–Crippen MR) is 123 cm³/mol. The van der Waals surface area contributed by atoms with Gasteiger partial charge in [0.05, 0.1) is 6.61 Å². The number of hydrogen-bond acceptors (Lipinski definition) is 6. The Balaban J connectivity index is 1.34. The third-order valence-electron chi connectivity index (χ3n) is 5.80. The van der Waals surface area contributed by atoms with Gasteiger partial charge in [0.2, 0.25) is 0 Å². The Morgan fingerprint density at radius 3 is 2.16 bits per heavy atom. The van der Waals surface area contributed by atoms with Gasteiger partial charge in [0.15, 0.2) is 0 Å². The fraction of sp³-hybridized carbons (Fsp3) is 0.522. The fourth-order valence-electron chi connectivity index (χ4n) is 4.13. The minimum atomic E-state index is -0.0725. The Bertz CT molecular complexity index is 874. The number of piperidine rings is 1. The summed E-state index contributed by atoms with van der Waals surface area (Å²) in [4.78, 5) is 28.5. The first-order valence-corrected chi connectivity index (χ1v) is 11.3. The largest absolute Gasteiger partial charge is 0.494 e. The Morgan fingerprint density at radius 2 is 1.55 bits per heavy atom. The van der Waals surface area contributed by atoms with Gasteiger partial charge in [-0.1, -0.05) is 0 Å². The normalized spacial score (nSPS) is 16.9. The number of benzene rings is 1. The molecule has 1 aromatic heterocycles. The summed E-state index contributed by atoms with van der Waals surface area (Å²) >= 11 is 0. The van der Waals surface area contributed by atoms with Gasteiger partial charge in [-0.15, -0.1) is 0 Å². The topological polar surface area (TPSA) is 73.8 Å². The molecule has 0 radical (unpaired) electrons. The van der Waals surface area contributed by atoms with Gasteiger partial charge in [-0.25, -0.2) is 14.8 Å². The van der Waals surface area contributed by atoms with Crippen LogP contribution in [0.3, 0.4) is 0 Å². The number of urea groups is 1. The van der Waals surface area contributed by atoms with Crippen LogP contribution in [0.1, 0.15) is 32.0 Å². The van der Waals surface area contributed by atoms with Crippen LogP contribution in [-0.4, -0.2) is 66.8 Å². The van der Waals surface area contributed by atoms with E-state index in [9.17, 15) is 4.79 Å². The lowest BCUT2D eigenvalue weighted by molar-refractivity contribution is 0.208. The summed E-state index contributed by atoms with van der Waals surface area (Å²) in [5.41, 5.74) is 0.772. The second-order valence-corrected chi connectivity index (χ2v) is 8.04. The van der Waals surface area contributed by atoms with Crippen LogP contribution in [0.25, 0.3) is 0 Å². The molecule has 0 aliphatic carbocycles. The van der Waals surface area contributed by atoms with Gasteiger partial charge in [0.1, 0.15) is 23.2 Å². The fourth-order valence-corrected chi connectivity index (χ4v) is 4.13. The molecular formula is C23H32N6O2. The van der Waals surface area contributed by atoms with Crippen LogP contribution in [0, 0.1) is 6.92 Å². The van der Waals surface area contributed by atoms with Crippen molar-refractivity contribution in [1.82, 2.24) is 14.9 Å². The second kappa shape index (κ2) is 9.85. The van der Waals surface area contributed by atoms with E-state index >= 15 is 0 Å². The number of ether oxygens (including phenoxy) is 1. The number of rotatable bonds is 5. The average molecular weight is 425 g/mol. The first-order chi connectivity index (χ1) is 15.1. The summed E-state index contributed by atoms with van der Waals surface area (Å²) in [6.45, 7) is 9.49. The highest BCUT2D eigenvalue weighted by atomic mass is 16.5. The molecule has 0 saturated carbocycles. The lowest BCUT2D eigenvalue weighted by atomic mass is 10.1. The molecule has 4 rings (SSSR count). The maximum Gasteiger partial charge on any atom is 0.321 e. The van der Waals surface area contributed by atoms with E-state index in [4.69, 9.17) is 4.74 Å². The van der Waals surface area contributed by atoms with Crippen LogP contribution in [0.5, 0.6) is 5.75 Å². The monoisotopic (exact) mass is 424 g/mol. The summed E-state index contributed by atoms with van der Waals surface area (Å²) in [7, 11) is 0. The van der Waals surface area contributed by atoms with Crippen molar-refractivity contribution in [2.45, 2.75) is 33.1 Å². The van der Waals surface area contributed by atoms with E-state index in [-0.39, 0.29) is 6.03 Å². The van der Waals surface area contributed by atoms with Crippen molar-refractivity contribution in [3.05, 3.63) is 36.2 Å². The minimum absolute atomic E-state index is 0.0725. The average Bonchev–Trinajstić information content (AvgIpc) is 2.81. The molecule has 2 saturated heterocycles. The van der Waals surface area contributed by atoms with Gasteiger partial charge in [0.25, 0.3) is 0 Å². The molecule has 2 aliphatic heterocycles. The Hall–Kier alpha value is -3.03. The smallest absolute Gasteiger partial charge is 0.321 e. The second-order valence-electron chi connectivity index (χ2n) is 8.04. The van der Waals surface area contributed by atoms with E-state index in [1.807, 2.05) is 43.0 Å². The molecule has 8 nitrogen and oxygen atoms in total. The van der Waals surface area contributed by atoms with Gasteiger partial charge >= 0.3 is 6.03 Å². The molecule has 0 spiro atoms. The molecule has 0 bridgehead atoms. The number of nitrogens with one attached hydrogen (secondary N) is 1. The lowest BCUT2D eigenvalue weighted by Crippen LogP contribution is -2.50. The van der Waals surface area contributed by atoms with E-state index in [0.29, 0.717) is 19.7 Å². The molecule has 2 amide bonds. The van der Waals surface area contributed by atoms with Crippen LogP contribution in [0.2, 0.25) is 0 Å².